The molecule has 0 aromatic rings. The smallest absolute Gasteiger partial charge is 0.409 e. The third-order valence-electron chi connectivity index (χ3n) is 6.97. The second kappa shape index (κ2) is 14.4. The summed E-state index contributed by atoms with van der Waals surface area (Å²) in [5.74, 6) is -0.944. The predicted octanol–water partition coefficient (Wildman–Crippen LogP) is 4.96. The van der Waals surface area contributed by atoms with E-state index in [0.29, 0.717) is 19.4 Å². The molecule has 2 heterocycles. The van der Waals surface area contributed by atoms with Crippen LogP contribution in [0.3, 0.4) is 0 Å². The van der Waals surface area contributed by atoms with Gasteiger partial charge in [-0.2, -0.15) is 0 Å². The van der Waals surface area contributed by atoms with E-state index in [9.17, 15) is 19.5 Å². The summed E-state index contributed by atoms with van der Waals surface area (Å²) in [6.07, 6.45) is 10.9. The predicted molar refractivity (Wildman–Crippen MR) is 142 cm³/mol. The Morgan fingerprint density at radius 2 is 1.92 bits per heavy atom. The highest BCUT2D eigenvalue weighted by atomic mass is 16.6. The SMILES string of the molecule is CC(=O)O[C@H]1/C=C/[C@H](C)[C@@H](/C(C)=C/C=C/[C@@H](C)COC(=O)N2CCCC2)OC(=O)C[C@H](C)CC[C@@]1(C)O. The van der Waals surface area contributed by atoms with Crippen LogP contribution in [-0.2, 0) is 23.8 Å². The minimum Gasteiger partial charge on any atom is -0.457 e. The van der Waals surface area contributed by atoms with Gasteiger partial charge in [0, 0.05) is 38.3 Å². The van der Waals surface area contributed by atoms with Gasteiger partial charge < -0.3 is 24.2 Å². The first kappa shape index (κ1) is 30.6. The summed E-state index contributed by atoms with van der Waals surface area (Å²) >= 11 is 0. The quantitative estimate of drug-likeness (QED) is 0.229. The number of cyclic esters (lactones) is 1. The summed E-state index contributed by atoms with van der Waals surface area (Å²) < 4.78 is 16.7. The standard InChI is InChI=1S/C29H45NO7/c1-20-14-15-29(6,34)25(36-24(5)31)13-12-23(4)27(37-26(32)18-20)22(3)11-9-10-21(2)19-35-28(33)30-16-7-8-17-30/h9-13,20-21,23,25,27,34H,7-8,14-19H2,1-6H3/b10-9+,13-12+,22-11+/t20-,21-,23+,25+,27-,29-/m1/s1. The van der Waals surface area contributed by atoms with Crippen molar-refractivity contribution in [3.63, 3.8) is 0 Å². The number of ether oxygens (including phenoxy) is 3. The fourth-order valence-electron chi connectivity index (χ4n) is 4.54. The molecular weight excluding hydrogens is 474 g/mol. The Kier molecular flexibility index (Phi) is 11.9. The van der Waals surface area contributed by atoms with Crippen molar-refractivity contribution in [3.8, 4) is 0 Å². The molecule has 1 N–H and O–H groups in total. The molecule has 0 aliphatic carbocycles. The lowest BCUT2D eigenvalue weighted by molar-refractivity contribution is -0.156. The summed E-state index contributed by atoms with van der Waals surface area (Å²) in [5, 5.41) is 11.0. The summed E-state index contributed by atoms with van der Waals surface area (Å²) in [6.45, 7) is 12.5. The summed E-state index contributed by atoms with van der Waals surface area (Å²) in [7, 11) is 0. The highest BCUT2D eigenvalue weighted by molar-refractivity contribution is 5.70. The normalized spacial score (nSPS) is 31.7. The zero-order chi connectivity index (χ0) is 27.6. The molecule has 2 aliphatic heterocycles. The van der Waals surface area contributed by atoms with E-state index in [4.69, 9.17) is 14.2 Å². The van der Waals surface area contributed by atoms with Gasteiger partial charge in [0.15, 0.2) is 0 Å². The molecule has 0 aromatic carbocycles. The van der Waals surface area contributed by atoms with Crippen molar-refractivity contribution >= 4 is 18.0 Å². The number of nitrogens with zero attached hydrogens (tertiary/aromatic N) is 1. The summed E-state index contributed by atoms with van der Waals surface area (Å²) in [6, 6.07) is 0. The van der Waals surface area contributed by atoms with E-state index >= 15 is 0 Å². The summed E-state index contributed by atoms with van der Waals surface area (Å²) in [4.78, 5) is 38.2. The van der Waals surface area contributed by atoms with Crippen LogP contribution in [0.4, 0.5) is 4.79 Å². The fraction of sp³-hybridized carbons (Fsp3) is 0.690. The number of hydrogen-bond donors (Lipinski definition) is 1. The number of aliphatic hydroxyl groups is 1. The number of esters is 2. The average molecular weight is 520 g/mol. The van der Waals surface area contributed by atoms with Crippen LogP contribution in [0.2, 0.25) is 0 Å². The van der Waals surface area contributed by atoms with Crippen molar-refractivity contribution in [1.29, 1.82) is 0 Å². The van der Waals surface area contributed by atoms with Gasteiger partial charge in [-0.05, 0) is 57.1 Å². The molecule has 208 valence electrons. The van der Waals surface area contributed by atoms with E-state index in [1.54, 1.807) is 17.9 Å². The second-order valence-corrected chi connectivity index (χ2v) is 10.9. The van der Waals surface area contributed by atoms with E-state index in [1.807, 2.05) is 52.0 Å². The van der Waals surface area contributed by atoms with Gasteiger partial charge in [-0.25, -0.2) is 4.79 Å². The number of carbonyl (C=O) groups is 3. The van der Waals surface area contributed by atoms with Crippen LogP contribution in [0.15, 0.2) is 36.0 Å². The average Bonchev–Trinajstić information content (AvgIpc) is 3.36. The van der Waals surface area contributed by atoms with Gasteiger partial charge in [0.2, 0.25) is 0 Å². The molecule has 0 bridgehead atoms. The van der Waals surface area contributed by atoms with Crippen LogP contribution in [0.5, 0.6) is 0 Å². The van der Waals surface area contributed by atoms with Crippen molar-refractivity contribution in [2.24, 2.45) is 17.8 Å². The third-order valence-corrected chi connectivity index (χ3v) is 6.97. The van der Waals surface area contributed by atoms with Crippen molar-refractivity contribution in [2.75, 3.05) is 19.7 Å². The van der Waals surface area contributed by atoms with Crippen molar-refractivity contribution < 1.29 is 33.7 Å². The van der Waals surface area contributed by atoms with Gasteiger partial charge in [-0.3, -0.25) is 9.59 Å². The van der Waals surface area contributed by atoms with Gasteiger partial charge in [0.1, 0.15) is 17.8 Å². The maximum absolute atomic E-state index is 12.7. The Bertz CT molecular complexity index is 869. The van der Waals surface area contributed by atoms with Crippen LogP contribution < -0.4 is 0 Å². The van der Waals surface area contributed by atoms with Crippen LogP contribution in [-0.4, -0.2) is 65.5 Å². The molecule has 0 aromatic heterocycles. The maximum atomic E-state index is 12.7. The minimum absolute atomic E-state index is 0.00427. The molecule has 1 saturated heterocycles. The summed E-state index contributed by atoms with van der Waals surface area (Å²) in [5.41, 5.74) is -0.403. The Morgan fingerprint density at radius 3 is 2.57 bits per heavy atom. The molecule has 0 saturated carbocycles. The van der Waals surface area contributed by atoms with Crippen molar-refractivity contribution in [3.05, 3.63) is 36.0 Å². The largest absolute Gasteiger partial charge is 0.457 e. The second-order valence-electron chi connectivity index (χ2n) is 10.9. The molecule has 8 heteroatoms. The molecule has 0 unspecified atom stereocenters. The molecule has 6 atom stereocenters. The van der Waals surface area contributed by atoms with E-state index in [-0.39, 0.29) is 36.2 Å². The fourth-order valence-corrected chi connectivity index (χ4v) is 4.54. The Hall–Kier alpha value is -2.61. The van der Waals surface area contributed by atoms with Crippen molar-refractivity contribution in [2.45, 2.75) is 91.5 Å². The maximum Gasteiger partial charge on any atom is 0.409 e. The molecule has 1 fully saturated rings. The van der Waals surface area contributed by atoms with E-state index in [2.05, 4.69) is 0 Å². The number of amides is 1. The molecule has 37 heavy (non-hydrogen) atoms. The zero-order valence-corrected chi connectivity index (χ0v) is 23.3. The van der Waals surface area contributed by atoms with Crippen LogP contribution >= 0.6 is 0 Å². The molecule has 0 spiro atoms. The van der Waals surface area contributed by atoms with Gasteiger partial charge >= 0.3 is 18.0 Å². The van der Waals surface area contributed by atoms with E-state index < -0.39 is 23.8 Å². The lowest BCUT2D eigenvalue weighted by Crippen LogP contribution is -2.41. The lowest BCUT2D eigenvalue weighted by Gasteiger charge is -2.32. The zero-order valence-electron chi connectivity index (χ0n) is 23.3. The molecular formula is C29H45NO7. The molecule has 1 amide bonds. The van der Waals surface area contributed by atoms with Crippen LogP contribution in [0.25, 0.3) is 0 Å². The number of likely N-dealkylation sites (tertiary alicyclic amines) is 1. The van der Waals surface area contributed by atoms with Gasteiger partial charge in [-0.15, -0.1) is 0 Å². The first-order chi connectivity index (χ1) is 17.4. The Morgan fingerprint density at radius 1 is 1.24 bits per heavy atom. The lowest BCUT2D eigenvalue weighted by atomic mass is 9.87. The minimum atomic E-state index is -1.25. The topological polar surface area (TPSA) is 102 Å². The first-order valence-corrected chi connectivity index (χ1v) is 13.4. The monoisotopic (exact) mass is 519 g/mol. The molecule has 8 nitrogen and oxygen atoms in total. The highest BCUT2D eigenvalue weighted by Gasteiger charge is 2.34. The number of hydrogen-bond acceptors (Lipinski definition) is 7. The van der Waals surface area contributed by atoms with Crippen LogP contribution in [0, 0.1) is 17.8 Å². The number of allylic oxidation sites excluding steroid dienone is 2. The molecule has 0 radical (unpaired) electrons. The number of rotatable bonds is 6. The van der Waals surface area contributed by atoms with Gasteiger partial charge in [0.05, 0.1) is 6.61 Å². The van der Waals surface area contributed by atoms with Crippen molar-refractivity contribution in [1.82, 2.24) is 4.90 Å². The highest BCUT2D eigenvalue weighted by Crippen LogP contribution is 2.28. The van der Waals surface area contributed by atoms with E-state index in [1.165, 1.54) is 6.92 Å². The Labute approximate surface area is 221 Å². The Balaban J connectivity index is 2.12. The third kappa shape index (κ3) is 10.3. The van der Waals surface area contributed by atoms with Gasteiger partial charge in [0.25, 0.3) is 0 Å². The number of carbonyl (C=O) groups excluding carboxylic acids is 3. The van der Waals surface area contributed by atoms with E-state index in [0.717, 1.165) is 31.5 Å². The van der Waals surface area contributed by atoms with Gasteiger partial charge in [-0.1, -0.05) is 45.1 Å². The first-order valence-electron chi connectivity index (χ1n) is 13.4. The molecule has 2 aliphatic rings. The van der Waals surface area contributed by atoms with Crippen LogP contribution in [0.1, 0.15) is 73.6 Å². The molecule has 2 rings (SSSR count).